The summed E-state index contributed by atoms with van der Waals surface area (Å²) in [5.41, 5.74) is 1.38. The molecule has 0 fully saturated rings. The van der Waals surface area contributed by atoms with E-state index in [9.17, 15) is 0 Å². The summed E-state index contributed by atoms with van der Waals surface area (Å²) >= 11 is 1.92. The Kier molecular flexibility index (Phi) is 2.78. The van der Waals surface area contributed by atoms with E-state index in [0.29, 0.717) is 0 Å². The van der Waals surface area contributed by atoms with Crippen LogP contribution >= 0.6 is 11.8 Å². The molecule has 0 bridgehead atoms. The lowest BCUT2D eigenvalue weighted by molar-refractivity contribution is 1.32. The second kappa shape index (κ2) is 4.05. The summed E-state index contributed by atoms with van der Waals surface area (Å²) in [5, 5.41) is 2.68. The Bertz CT molecular complexity index is 446. The van der Waals surface area contributed by atoms with E-state index < -0.39 is 0 Å². The molecule has 0 saturated heterocycles. The van der Waals surface area contributed by atoms with Gasteiger partial charge in [-0.25, -0.2) is 0 Å². The lowest BCUT2D eigenvalue weighted by Gasteiger charge is -2.06. The van der Waals surface area contributed by atoms with E-state index >= 15 is 0 Å². The first-order valence-corrected chi connectivity index (χ1v) is 5.92. The molecule has 0 spiro atoms. The molecule has 0 saturated carbocycles. The molecule has 0 heterocycles. The van der Waals surface area contributed by atoms with Crippen molar-refractivity contribution in [1.82, 2.24) is 0 Å². The van der Waals surface area contributed by atoms with Crippen molar-refractivity contribution in [1.29, 1.82) is 0 Å². The summed E-state index contributed by atoms with van der Waals surface area (Å²) in [7, 11) is 0. The van der Waals surface area contributed by atoms with Crippen LogP contribution in [-0.4, -0.2) is 5.75 Å². The molecule has 0 aliphatic heterocycles. The third-order valence-electron chi connectivity index (χ3n) is 2.34. The highest BCUT2D eigenvalue weighted by Crippen LogP contribution is 2.27. The fraction of sp³-hybridized carbons (Fsp3) is 0.231. The van der Waals surface area contributed by atoms with Gasteiger partial charge in [0.2, 0.25) is 0 Å². The molecular weight excluding hydrogens is 188 g/mol. The van der Waals surface area contributed by atoms with Crippen molar-refractivity contribution in [3.63, 3.8) is 0 Å². The molecule has 0 aliphatic rings. The Morgan fingerprint density at radius 3 is 2.36 bits per heavy atom. The minimum Gasteiger partial charge on any atom is -0.126 e. The molecule has 2 aromatic rings. The summed E-state index contributed by atoms with van der Waals surface area (Å²) < 4.78 is 0. The quantitative estimate of drug-likeness (QED) is 0.656. The first kappa shape index (κ1) is 9.60. The molecule has 2 aromatic carbocycles. The van der Waals surface area contributed by atoms with E-state index in [1.165, 1.54) is 21.2 Å². The number of fused-ring (bicyclic) bond motifs is 1. The second-order valence-electron chi connectivity index (χ2n) is 3.40. The minimum absolute atomic E-state index is 1.14. The van der Waals surface area contributed by atoms with Crippen molar-refractivity contribution in [2.45, 2.75) is 18.7 Å². The summed E-state index contributed by atoms with van der Waals surface area (Å²) in [6, 6.07) is 13.1. The van der Waals surface area contributed by atoms with Crippen LogP contribution in [0, 0.1) is 6.92 Å². The summed E-state index contributed by atoms with van der Waals surface area (Å²) in [6.45, 7) is 4.38. The second-order valence-corrected chi connectivity index (χ2v) is 4.70. The maximum atomic E-state index is 2.29. The maximum absolute atomic E-state index is 2.29. The Morgan fingerprint density at radius 1 is 1.07 bits per heavy atom. The monoisotopic (exact) mass is 202 g/mol. The van der Waals surface area contributed by atoms with E-state index in [1.807, 2.05) is 11.8 Å². The zero-order chi connectivity index (χ0) is 9.97. The van der Waals surface area contributed by atoms with Gasteiger partial charge in [-0.15, -0.1) is 11.8 Å². The minimum atomic E-state index is 1.14. The highest BCUT2D eigenvalue weighted by atomic mass is 32.2. The summed E-state index contributed by atoms with van der Waals surface area (Å²) in [4.78, 5) is 1.41. The highest BCUT2D eigenvalue weighted by Gasteiger charge is 2.00. The molecule has 0 aromatic heterocycles. The molecule has 0 atom stereocenters. The van der Waals surface area contributed by atoms with Crippen LogP contribution in [0.1, 0.15) is 12.5 Å². The van der Waals surface area contributed by atoms with E-state index in [1.54, 1.807) is 0 Å². The molecule has 0 nitrogen and oxygen atoms in total. The van der Waals surface area contributed by atoms with Gasteiger partial charge in [0, 0.05) is 4.90 Å². The molecule has 0 radical (unpaired) electrons. The zero-order valence-corrected chi connectivity index (χ0v) is 9.40. The van der Waals surface area contributed by atoms with Gasteiger partial charge in [-0.1, -0.05) is 37.3 Å². The molecule has 0 unspecified atom stereocenters. The highest BCUT2D eigenvalue weighted by molar-refractivity contribution is 7.99. The van der Waals surface area contributed by atoms with E-state index in [0.717, 1.165) is 5.75 Å². The van der Waals surface area contributed by atoms with Crippen LogP contribution in [0.5, 0.6) is 0 Å². The summed E-state index contributed by atoms with van der Waals surface area (Å²) in [5.74, 6) is 1.14. The van der Waals surface area contributed by atoms with Gasteiger partial charge in [0.25, 0.3) is 0 Å². The molecule has 14 heavy (non-hydrogen) atoms. The normalized spacial score (nSPS) is 10.7. The molecule has 1 heteroatoms. The molecule has 0 N–H and O–H groups in total. The largest absolute Gasteiger partial charge is 0.126 e. The Balaban J connectivity index is 2.59. The van der Waals surface area contributed by atoms with Crippen molar-refractivity contribution >= 4 is 22.5 Å². The van der Waals surface area contributed by atoms with Crippen LogP contribution in [-0.2, 0) is 0 Å². The Morgan fingerprint density at radius 2 is 1.71 bits per heavy atom. The predicted octanol–water partition coefficient (Wildman–Crippen LogP) is 4.26. The van der Waals surface area contributed by atoms with Crippen LogP contribution in [0.4, 0.5) is 0 Å². The molecular formula is C13H14S. The number of rotatable bonds is 2. The molecule has 0 amide bonds. The standard InChI is InChI=1S/C13H14S/c1-3-14-13-9-12-7-5-4-6-11(12)8-10(13)2/h4-9H,3H2,1-2H3. The Labute approximate surface area is 89.3 Å². The fourth-order valence-electron chi connectivity index (χ4n) is 1.64. The number of hydrogen-bond donors (Lipinski definition) is 0. The van der Waals surface area contributed by atoms with Gasteiger partial charge < -0.3 is 0 Å². The molecule has 72 valence electrons. The van der Waals surface area contributed by atoms with Gasteiger partial charge in [0.05, 0.1) is 0 Å². The number of benzene rings is 2. The topological polar surface area (TPSA) is 0 Å². The van der Waals surface area contributed by atoms with Gasteiger partial charge in [-0.2, -0.15) is 0 Å². The maximum Gasteiger partial charge on any atom is 0.0107 e. The number of thioether (sulfide) groups is 1. The summed E-state index contributed by atoms with van der Waals surface area (Å²) in [6.07, 6.45) is 0. The number of aryl methyl sites for hydroxylation is 1. The van der Waals surface area contributed by atoms with Gasteiger partial charge in [-0.3, -0.25) is 0 Å². The third-order valence-corrected chi connectivity index (χ3v) is 3.38. The van der Waals surface area contributed by atoms with Crippen LogP contribution in [0.15, 0.2) is 41.3 Å². The van der Waals surface area contributed by atoms with Crippen molar-refractivity contribution in [3.8, 4) is 0 Å². The van der Waals surface area contributed by atoms with Crippen molar-refractivity contribution < 1.29 is 0 Å². The molecule has 0 aliphatic carbocycles. The lowest BCUT2D eigenvalue weighted by Crippen LogP contribution is -1.81. The van der Waals surface area contributed by atoms with Gasteiger partial charge in [-0.05, 0) is 35.1 Å². The SMILES string of the molecule is CCSc1cc2ccccc2cc1C. The van der Waals surface area contributed by atoms with Crippen molar-refractivity contribution in [2.75, 3.05) is 5.75 Å². The van der Waals surface area contributed by atoms with E-state index in [2.05, 4.69) is 50.2 Å². The smallest absolute Gasteiger partial charge is 0.0107 e. The third kappa shape index (κ3) is 1.78. The van der Waals surface area contributed by atoms with Crippen molar-refractivity contribution in [2.24, 2.45) is 0 Å². The van der Waals surface area contributed by atoms with E-state index in [-0.39, 0.29) is 0 Å². The average Bonchev–Trinajstić information content (AvgIpc) is 2.19. The van der Waals surface area contributed by atoms with Gasteiger partial charge >= 0.3 is 0 Å². The fourth-order valence-corrected chi connectivity index (χ4v) is 2.45. The van der Waals surface area contributed by atoms with Crippen LogP contribution in [0.3, 0.4) is 0 Å². The average molecular weight is 202 g/mol. The first-order chi connectivity index (χ1) is 6.81. The number of hydrogen-bond acceptors (Lipinski definition) is 1. The van der Waals surface area contributed by atoms with Crippen LogP contribution < -0.4 is 0 Å². The predicted molar refractivity (Wildman–Crippen MR) is 65.1 cm³/mol. The lowest BCUT2D eigenvalue weighted by atomic mass is 10.1. The van der Waals surface area contributed by atoms with Crippen molar-refractivity contribution in [3.05, 3.63) is 42.0 Å². The Hall–Kier alpha value is -0.950. The first-order valence-electron chi connectivity index (χ1n) is 4.93. The van der Waals surface area contributed by atoms with Crippen LogP contribution in [0.25, 0.3) is 10.8 Å². The zero-order valence-electron chi connectivity index (χ0n) is 8.58. The van der Waals surface area contributed by atoms with Gasteiger partial charge in [0.15, 0.2) is 0 Å². The van der Waals surface area contributed by atoms with Gasteiger partial charge in [0.1, 0.15) is 0 Å². The van der Waals surface area contributed by atoms with E-state index in [4.69, 9.17) is 0 Å². The van der Waals surface area contributed by atoms with Crippen LogP contribution in [0.2, 0.25) is 0 Å². The molecule has 2 rings (SSSR count).